The van der Waals surface area contributed by atoms with Crippen molar-refractivity contribution in [1.29, 1.82) is 0 Å². The standard InChI is InChI=1S/C21H22N2O5/c1-27-20(25)15-7-8-17(21(26)28-2)18(11-15)22-19(24)13-23-10-9-14-5-3-4-6-16(14)12-23/h3-8,11H,9-10,12-13H2,1-2H3,(H,22,24). The number of ether oxygens (including phenoxy) is 2. The summed E-state index contributed by atoms with van der Waals surface area (Å²) in [7, 11) is 2.52. The fraction of sp³-hybridized carbons (Fsp3) is 0.286. The van der Waals surface area contributed by atoms with Crippen LogP contribution in [0.5, 0.6) is 0 Å². The summed E-state index contributed by atoms with van der Waals surface area (Å²) in [6.07, 6.45) is 0.884. The van der Waals surface area contributed by atoms with Gasteiger partial charge in [0.15, 0.2) is 0 Å². The molecule has 2 aromatic rings. The van der Waals surface area contributed by atoms with Crippen molar-refractivity contribution in [3.05, 3.63) is 64.7 Å². The predicted molar refractivity (Wildman–Crippen MR) is 103 cm³/mol. The molecular weight excluding hydrogens is 360 g/mol. The van der Waals surface area contributed by atoms with Gasteiger partial charge in [0.25, 0.3) is 0 Å². The number of hydrogen-bond donors (Lipinski definition) is 1. The average Bonchev–Trinajstić information content (AvgIpc) is 2.72. The maximum atomic E-state index is 12.6. The Balaban J connectivity index is 1.74. The minimum Gasteiger partial charge on any atom is -0.465 e. The third-order valence-electron chi connectivity index (χ3n) is 4.70. The predicted octanol–water partition coefficient (Wildman–Crippen LogP) is 2.26. The summed E-state index contributed by atoms with van der Waals surface area (Å²) in [5.74, 6) is -1.43. The highest BCUT2D eigenvalue weighted by Crippen LogP contribution is 2.21. The van der Waals surface area contributed by atoms with E-state index < -0.39 is 11.9 Å². The lowest BCUT2D eigenvalue weighted by Crippen LogP contribution is -2.37. The van der Waals surface area contributed by atoms with E-state index in [-0.39, 0.29) is 29.3 Å². The average molecular weight is 382 g/mol. The monoisotopic (exact) mass is 382 g/mol. The lowest BCUT2D eigenvalue weighted by Gasteiger charge is -2.28. The Kier molecular flexibility index (Phi) is 6.06. The van der Waals surface area contributed by atoms with Gasteiger partial charge in [-0.3, -0.25) is 9.69 Å². The highest BCUT2D eigenvalue weighted by Gasteiger charge is 2.21. The largest absolute Gasteiger partial charge is 0.465 e. The van der Waals surface area contributed by atoms with Crippen molar-refractivity contribution in [3.8, 4) is 0 Å². The van der Waals surface area contributed by atoms with E-state index in [1.165, 1.54) is 43.5 Å². The molecule has 1 heterocycles. The second-order valence-corrected chi connectivity index (χ2v) is 6.52. The van der Waals surface area contributed by atoms with Gasteiger partial charge in [0.2, 0.25) is 5.91 Å². The molecule has 0 bridgehead atoms. The number of amides is 1. The summed E-state index contributed by atoms with van der Waals surface area (Å²) in [5, 5.41) is 2.73. The fourth-order valence-electron chi connectivity index (χ4n) is 3.26. The lowest BCUT2D eigenvalue weighted by atomic mass is 10.00. The van der Waals surface area contributed by atoms with E-state index in [4.69, 9.17) is 9.47 Å². The number of hydrogen-bond acceptors (Lipinski definition) is 6. The van der Waals surface area contributed by atoms with Gasteiger partial charge in [0.05, 0.1) is 37.6 Å². The number of anilines is 1. The first-order valence-electron chi connectivity index (χ1n) is 8.91. The zero-order chi connectivity index (χ0) is 20.1. The first-order chi connectivity index (χ1) is 13.5. The molecule has 0 saturated carbocycles. The molecule has 1 N–H and O–H groups in total. The van der Waals surface area contributed by atoms with Crippen LogP contribution in [0.3, 0.4) is 0 Å². The van der Waals surface area contributed by atoms with Crippen LogP contribution in [0, 0.1) is 0 Å². The maximum absolute atomic E-state index is 12.6. The van der Waals surface area contributed by atoms with Crippen LogP contribution >= 0.6 is 0 Å². The van der Waals surface area contributed by atoms with Crippen LogP contribution in [0.25, 0.3) is 0 Å². The van der Waals surface area contributed by atoms with Crippen LogP contribution in [0.4, 0.5) is 5.69 Å². The molecule has 1 aliphatic rings. The Labute approximate surface area is 163 Å². The number of esters is 2. The van der Waals surface area contributed by atoms with E-state index in [1.54, 1.807) is 0 Å². The zero-order valence-electron chi connectivity index (χ0n) is 15.9. The first-order valence-corrected chi connectivity index (χ1v) is 8.91. The summed E-state index contributed by atoms with van der Waals surface area (Å²) in [4.78, 5) is 38.4. The summed E-state index contributed by atoms with van der Waals surface area (Å²) in [6.45, 7) is 1.64. The van der Waals surface area contributed by atoms with E-state index in [9.17, 15) is 14.4 Å². The minimum absolute atomic E-state index is 0.174. The van der Waals surface area contributed by atoms with Crippen LogP contribution in [0.2, 0.25) is 0 Å². The van der Waals surface area contributed by atoms with Gasteiger partial charge in [-0.15, -0.1) is 0 Å². The SMILES string of the molecule is COC(=O)c1ccc(C(=O)OC)c(NC(=O)CN2CCc3ccccc3C2)c1. The van der Waals surface area contributed by atoms with Gasteiger partial charge >= 0.3 is 11.9 Å². The summed E-state index contributed by atoms with van der Waals surface area (Å²) >= 11 is 0. The van der Waals surface area contributed by atoms with E-state index in [0.717, 1.165) is 13.0 Å². The van der Waals surface area contributed by atoms with Crippen molar-refractivity contribution in [3.63, 3.8) is 0 Å². The smallest absolute Gasteiger partial charge is 0.339 e. The van der Waals surface area contributed by atoms with Gasteiger partial charge in [-0.2, -0.15) is 0 Å². The molecule has 3 rings (SSSR count). The number of rotatable bonds is 5. The van der Waals surface area contributed by atoms with Crippen molar-refractivity contribution in [2.75, 3.05) is 32.6 Å². The van der Waals surface area contributed by atoms with Crippen LogP contribution < -0.4 is 5.32 Å². The highest BCUT2D eigenvalue weighted by atomic mass is 16.5. The van der Waals surface area contributed by atoms with E-state index in [1.807, 2.05) is 17.0 Å². The van der Waals surface area contributed by atoms with Crippen LogP contribution in [-0.2, 0) is 27.2 Å². The molecule has 0 saturated heterocycles. The van der Waals surface area contributed by atoms with Crippen LogP contribution in [0.1, 0.15) is 31.8 Å². The van der Waals surface area contributed by atoms with Crippen molar-refractivity contribution in [1.82, 2.24) is 4.90 Å². The molecule has 7 heteroatoms. The number of carbonyl (C=O) groups excluding carboxylic acids is 3. The summed E-state index contributed by atoms with van der Waals surface area (Å²) in [6, 6.07) is 12.5. The van der Waals surface area contributed by atoms with Gasteiger partial charge in [-0.25, -0.2) is 9.59 Å². The summed E-state index contributed by atoms with van der Waals surface area (Å²) in [5.41, 5.74) is 3.14. The molecule has 0 fully saturated rings. The Morgan fingerprint density at radius 2 is 1.71 bits per heavy atom. The fourth-order valence-corrected chi connectivity index (χ4v) is 3.26. The third-order valence-corrected chi connectivity index (χ3v) is 4.70. The van der Waals surface area contributed by atoms with E-state index in [0.29, 0.717) is 6.54 Å². The molecule has 146 valence electrons. The number of fused-ring (bicyclic) bond motifs is 1. The number of methoxy groups -OCH3 is 2. The molecule has 0 radical (unpaired) electrons. The molecule has 0 aromatic heterocycles. The minimum atomic E-state index is -0.599. The van der Waals surface area contributed by atoms with Crippen molar-refractivity contribution < 1.29 is 23.9 Å². The number of benzene rings is 2. The molecule has 7 nitrogen and oxygen atoms in total. The molecule has 0 aliphatic carbocycles. The quantitative estimate of drug-likeness (QED) is 0.799. The van der Waals surface area contributed by atoms with Crippen LogP contribution in [0.15, 0.2) is 42.5 Å². The third kappa shape index (κ3) is 4.37. The Morgan fingerprint density at radius 1 is 1.00 bits per heavy atom. The van der Waals surface area contributed by atoms with E-state index >= 15 is 0 Å². The van der Waals surface area contributed by atoms with Crippen molar-refractivity contribution >= 4 is 23.5 Å². The Bertz CT molecular complexity index is 909. The van der Waals surface area contributed by atoms with E-state index in [2.05, 4.69) is 17.4 Å². The second-order valence-electron chi connectivity index (χ2n) is 6.52. The number of carbonyl (C=O) groups is 3. The van der Waals surface area contributed by atoms with Gasteiger partial charge in [-0.05, 0) is 35.7 Å². The van der Waals surface area contributed by atoms with Crippen LogP contribution in [-0.4, -0.2) is 50.1 Å². The molecule has 0 spiro atoms. The Morgan fingerprint density at radius 3 is 2.43 bits per heavy atom. The van der Waals surface area contributed by atoms with Gasteiger partial charge in [0.1, 0.15) is 0 Å². The molecule has 28 heavy (non-hydrogen) atoms. The van der Waals surface area contributed by atoms with Gasteiger partial charge in [0, 0.05) is 13.1 Å². The lowest BCUT2D eigenvalue weighted by molar-refractivity contribution is -0.117. The van der Waals surface area contributed by atoms with Gasteiger partial charge in [-0.1, -0.05) is 24.3 Å². The normalized spacial score (nSPS) is 13.4. The molecule has 1 aliphatic heterocycles. The molecule has 1 amide bonds. The number of nitrogens with zero attached hydrogens (tertiary/aromatic N) is 1. The topological polar surface area (TPSA) is 84.9 Å². The first kappa shape index (κ1) is 19.6. The molecular formula is C21H22N2O5. The second kappa shape index (κ2) is 8.67. The molecule has 0 unspecified atom stereocenters. The Hall–Kier alpha value is -3.19. The molecule has 0 atom stereocenters. The van der Waals surface area contributed by atoms with Crippen molar-refractivity contribution in [2.24, 2.45) is 0 Å². The molecule has 2 aromatic carbocycles. The number of nitrogens with one attached hydrogen (secondary N) is 1. The van der Waals surface area contributed by atoms with Gasteiger partial charge < -0.3 is 14.8 Å². The zero-order valence-corrected chi connectivity index (χ0v) is 15.9. The highest BCUT2D eigenvalue weighted by molar-refractivity contribution is 6.03. The maximum Gasteiger partial charge on any atom is 0.339 e. The van der Waals surface area contributed by atoms with Crippen molar-refractivity contribution in [2.45, 2.75) is 13.0 Å². The summed E-state index contributed by atoms with van der Waals surface area (Å²) < 4.78 is 9.46.